The van der Waals surface area contributed by atoms with Crippen molar-refractivity contribution < 1.29 is 14.4 Å². The van der Waals surface area contributed by atoms with E-state index < -0.39 is 17.9 Å². The highest BCUT2D eigenvalue weighted by Crippen LogP contribution is 2.23. The Morgan fingerprint density at radius 1 is 1.03 bits per heavy atom. The number of piperazine rings is 1. The van der Waals surface area contributed by atoms with E-state index in [1.54, 1.807) is 35.2 Å². The molecule has 1 fully saturated rings. The van der Waals surface area contributed by atoms with Gasteiger partial charge in [-0.2, -0.15) is 0 Å². The number of rotatable bonds is 6. The molecule has 0 radical (unpaired) electrons. The summed E-state index contributed by atoms with van der Waals surface area (Å²) < 4.78 is 0. The molecule has 0 saturated carbocycles. The topological polar surface area (TPSA) is 109 Å². The molecular weight excluding hydrogens is 429 g/mol. The fourth-order valence-corrected chi connectivity index (χ4v) is 3.60. The van der Waals surface area contributed by atoms with Gasteiger partial charge in [-0.3, -0.25) is 24.3 Å². The first-order valence-corrected chi connectivity index (χ1v) is 10.1. The van der Waals surface area contributed by atoms with Crippen molar-refractivity contribution in [3.05, 3.63) is 63.9 Å². The number of nitrogens with two attached hydrogens (primary N) is 1. The van der Waals surface area contributed by atoms with Crippen molar-refractivity contribution in [1.82, 2.24) is 20.1 Å². The Morgan fingerprint density at radius 2 is 1.70 bits per heavy atom. The Balaban J connectivity index is 1.53. The summed E-state index contributed by atoms with van der Waals surface area (Å²) in [6.07, 6.45) is 1.42. The van der Waals surface area contributed by atoms with Crippen LogP contribution < -0.4 is 11.1 Å². The maximum absolute atomic E-state index is 12.5. The second kappa shape index (κ2) is 9.88. The molecule has 1 aromatic heterocycles. The van der Waals surface area contributed by atoms with Crippen LogP contribution in [0.2, 0.25) is 10.0 Å². The van der Waals surface area contributed by atoms with E-state index in [0.29, 0.717) is 36.2 Å². The van der Waals surface area contributed by atoms with Gasteiger partial charge in [-0.25, -0.2) is 0 Å². The van der Waals surface area contributed by atoms with Crippen LogP contribution in [0.25, 0.3) is 0 Å². The maximum Gasteiger partial charge on any atom is 0.270 e. The largest absolute Gasteiger partial charge is 0.368 e. The highest BCUT2D eigenvalue weighted by Gasteiger charge is 2.30. The van der Waals surface area contributed by atoms with Gasteiger partial charge in [0.25, 0.3) is 5.91 Å². The summed E-state index contributed by atoms with van der Waals surface area (Å²) in [5.74, 6) is -1.15. The zero-order valence-electron chi connectivity index (χ0n) is 16.1. The minimum absolute atomic E-state index is 0.146. The van der Waals surface area contributed by atoms with E-state index in [4.69, 9.17) is 28.9 Å². The number of nitrogens with zero attached hydrogens (tertiary/aromatic N) is 3. The smallest absolute Gasteiger partial charge is 0.270 e. The predicted molar refractivity (Wildman–Crippen MR) is 113 cm³/mol. The summed E-state index contributed by atoms with van der Waals surface area (Å²) in [5.41, 5.74) is 6.53. The van der Waals surface area contributed by atoms with Gasteiger partial charge < -0.3 is 16.0 Å². The van der Waals surface area contributed by atoms with Gasteiger partial charge in [-0.1, -0.05) is 35.3 Å². The first-order chi connectivity index (χ1) is 14.3. The molecule has 1 saturated heterocycles. The summed E-state index contributed by atoms with van der Waals surface area (Å²) >= 11 is 11.8. The van der Waals surface area contributed by atoms with Gasteiger partial charge in [-0.05, 0) is 29.8 Å². The van der Waals surface area contributed by atoms with E-state index in [1.165, 1.54) is 12.3 Å². The van der Waals surface area contributed by atoms with Crippen LogP contribution in [0.15, 0.2) is 42.6 Å². The van der Waals surface area contributed by atoms with Gasteiger partial charge in [0.1, 0.15) is 11.7 Å². The van der Waals surface area contributed by atoms with Crippen molar-refractivity contribution >= 4 is 40.9 Å². The number of carbonyl (C=O) groups is 3. The van der Waals surface area contributed by atoms with Crippen molar-refractivity contribution in [3.8, 4) is 0 Å². The molecule has 1 aromatic carbocycles. The molecule has 0 spiro atoms. The standard InChI is InChI=1S/C20H21Cl2N5O3/c21-14-3-1-13(2-4-14)18(19(23)29)27-9-7-26(8-10-27)17(28)12-25-20(30)16-11-15(22)5-6-24-16/h1-6,11,18H,7-10,12H2,(H2,23,29)(H,25,30)/t18-/m1/s1. The maximum atomic E-state index is 12.5. The monoisotopic (exact) mass is 449 g/mol. The molecule has 8 nitrogen and oxygen atoms in total. The third-order valence-corrected chi connectivity index (χ3v) is 5.33. The summed E-state index contributed by atoms with van der Waals surface area (Å²) in [4.78, 5) is 44.1. The third kappa shape index (κ3) is 5.47. The van der Waals surface area contributed by atoms with Crippen LogP contribution in [-0.4, -0.2) is 65.2 Å². The minimum atomic E-state index is -0.590. The number of carbonyl (C=O) groups excluding carboxylic acids is 3. The first-order valence-electron chi connectivity index (χ1n) is 9.31. The molecule has 2 aromatic rings. The summed E-state index contributed by atoms with van der Waals surface area (Å²) in [6, 6.07) is 9.37. The minimum Gasteiger partial charge on any atom is -0.368 e. The summed E-state index contributed by atoms with van der Waals surface area (Å²) in [6.45, 7) is 1.64. The number of halogens is 2. The van der Waals surface area contributed by atoms with E-state index in [0.717, 1.165) is 5.56 Å². The number of primary amides is 1. The Kier molecular flexibility index (Phi) is 7.25. The highest BCUT2D eigenvalue weighted by molar-refractivity contribution is 6.31. The van der Waals surface area contributed by atoms with Crippen LogP contribution in [-0.2, 0) is 9.59 Å². The highest BCUT2D eigenvalue weighted by atomic mass is 35.5. The van der Waals surface area contributed by atoms with Gasteiger partial charge in [0.2, 0.25) is 11.8 Å². The van der Waals surface area contributed by atoms with Crippen molar-refractivity contribution in [1.29, 1.82) is 0 Å². The fourth-order valence-electron chi connectivity index (χ4n) is 3.32. The second-order valence-corrected chi connectivity index (χ2v) is 7.69. The molecule has 3 rings (SSSR count). The van der Waals surface area contributed by atoms with Crippen LogP contribution in [0, 0.1) is 0 Å². The fraction of sp³-hybridized carbons (Fsp3) is 0.300. The number of nitrogens with one attached hydrogen (secondary N) is 1. The average Bonchev–Trinajstić information content (AvgIpc) is 2.73. The molecule has 1 atom stereocenters. The quantitative estimate of drug-likeness (QED) is 0.694. The zero-order valence-corrected chi connectivity index (χ0v) is 17.6. The Hall–Kier alpha value is -2.68. The van der Waals surface area contributed by atoms with E-state index in [1.807, 2.05) is 4.90 Å². The number of pyridine rings is 1. The lowest BCUT2D eigenvalue weighted by Crippen LogP contribution is -2.53. The molecule has 1 aliphatic rings. The first kappa shape index (κ1) is 22.0. The molecule has 10 heteroatoms. The molecule has 1 aliphatic heterocycles. The van der Waals surface area contributed by atoms with Gasteiger partial charge in [-0.15, -0.1) is 0 Å². The molecule has 3 N–H and O–H groups in total. The normalized spacial score (nSPS) is 15.5. The second-order valence-electron chi connectivity index (χ2n) is 6.82. The van der Waals surface area contributed by atoms with Crippen LogP contribution in [0.5, 0.6) is 0 Å². The number of aromatic nitrogens is 1. The molecule has 158 valence electrons. The number of amides is 3. The van der Waals surface area contributed by atoms with Crippen molar-refractivity contribution in [3.63, 3.8) is 0 Å². The molecule has 0 aliphatic carbocycles. The Labute approximate surface area is 183 Å². The number of benzene rings is 1. The molecule has 3 amide bonds. The SMILES string of the molecule is NC(=O)[C@@H](c1ccc(Cl)cc1)N1CCN(C(=O)CNC(=O)c2cc(Cl)ccn2)CC1. The van der Waals surface area contributed by atoms with Crippen molar-refractivity contribution in [2.75, 3.05) is 32.7 Å². The van der Waals surface area contributed by atoms with Gasteiger partial charge in [0.15, 0.2) is 0 Å². The molecule has 0 unspecified atom stereocenters. The summed E-state index contributed by atoms with van der Waals surface area (Å²) in [5, 5.41) is 3.52. The molecule has 0 bridgehead atoms. The van der Waals surface area contributed by atoms with E-state index >= 15 is 0 Å². The lowest BCUT2D eigenvalue weighted by Gasteiger charge is -2.38. The Bertz CT molecular complexity index is 930. The summed E-state index contributed by atoms with van der Waals surface area (Å²) in [7, 11) is 0. The lowest BCUT2D eigenvalue weighted by molar-refractivity contribution is -0.133. The van der Waals surface area contributed by atoms with Crippen molar-refractivity contribution in [2.45, 2.75) is 6.04 Å². The Morgan fingerprint density at radius 3 is 2.30 bits per heavy atom. The van der Waals surface area contributed by atoms with E-state index in [9.17, 15) is 14.4 Å². The van der Waals surface area contributed by atoms with Crippen LogP contribution in [0.4, 0.5) is 0 Å². The zero-order chi connectivity index (χ0) is 21.7. The van der Waals surface area contributed by atoms with Gasteiger partial charge in [0.05, 0.1) is 6.54 Å². The molecular formula is C20H21Cl2N5O3. The van der Waals surface area contributed by atoms with E-state index in [-0.39, 0.29) is 18.1 Å². The van der Waals surface area contributed by atoms with Gasteiger partial charge in [0, 0.05) is 42.4 Å². The molecule has 30 heavy (non-hydrogen) atoms. The van der Waals surface area contributed by atoms with Crippen LogP contribution >= 0.6 is 23.2 Å². The number of hydrogen-bond donors (Lipinski definition) is 2. The van der Waals surface area contributed by atoms with Crippen LogP contribution in [0.1, 0.15) is 22.1 Å². The molecule has 2 heterocycles. The average molecular weight is 450 g/mol. The predicted octanol–water partition coefficient (Wildman–Crippen LogP) is 1.49. The van der Waals surface area contributed by atoms with Crippen LogP contribution in [0.3, 0.4) is 0 Å². The third-order valence-electron chi connectivity index (χ3n) is 4.84. The van der Waals surface area contributed by atoms with Gasteiger partial charge >= 0.3 is 0 Å². The van der Waals surface area contributed by atoms with E-state index in [2.05, 4.69) is 10.3 Å². The number of hydrogen-bond acceptors (Lipinski definition) is 5. The lowest BCUT2D eigenvalue weighted by atomic mass is 10.0. The van der Waals surface area contributed by atoms with Crippen molar-refractivity contribution in [2.24, 2.45) is 5.73 Å².